The van der Waals surface area contributed by atoms with E-state index in [9.17, 15) is 9.90 Å². The Balaban J connectivity index is 2.09. The summed E-state index contributed by atoms with van der Waals surface area (Å²) in [6, 6.07) is 13.7. The maximum atomic E-state index is 12.7. The molecule has 0 spiro atoms. The highest BCUT2D eigenvalue weighted by Gasteiger charge is 2.15. The van der Waals surface area contributed by atoms with E-state index >= 15 is 0 Å². The van der Waals surface area contributed by atoms with E-state index in [2.05, 4.69) is 10.2 Å². The minimum absolute atomic E-state index is 0.0554. The third-order valence-corrected chi connectivity index (χ3v) is 3.95. The predicted octanol–water partition coefficient (Wildman–Crippen LogP) is 4.26. The van der Waals surface area contributed by atoms with E-state index in [4.69, 9.17) is 11.6 Å². The molecule has 0 aliphatic carbocycles. The Hall–Kier alpha value is -2.86. The molecule has 0 fully saturated rings. The smallest absolute Gasteiger partial charge is 0.299 e. The normalized spacial score (nSPS) is 11.3. The second-order valence-electron chi connectivity index (χ2n) is 5.24. The van der Waals surface area contributed by atoms with Crippen LogP contribution < -0.4 is 5.56 Å². The standard InChI is InChI=1S/C17H15ClN4O2/c1-11-16(20-19-14-10-12(18)8-9-15(14)23)17(24)22(21(11)2)13-6-4-3-5-7-13/h3-10,23H,1-2H3. The lowest BCUT2D eigenvalue weighted by Gasteiger charge is -2.07. The van der Waals surface area contributed by atoms with Gasteiger partial charge in [-0.05, 0) is 37.3 Å². The van der Waals surface area contributed by atoms with Gasteiger partial charge in [-0.25, -0.2) is 4.68 Å². The highest BCUT2D eigenvalue weighted by Crippen LogP contribution is 2.30. The van der Waals surface area contributed by atoms with Crippen molar-refractivity contribution >= 4 is 23.0 Å². The summed E-state index contributed by atoms with van der Waals surface area (Å²) in [5, 5.41) is 18.2. The molecule has 0 bridgehead atoms. The molecule has 0 unspecified atom stereocenters. The van der Waals surface area contributed by atoms with Crippen LogP contribution in [0.25, 0.3) is 5.69 Å². The summed E-state index contributed by atoms with van der Waals surface area (Å²) in [7, 11) is 1.78. The molecule has 2 aromatic carbocycles. The van der Waals surface area contributed by atoms with Crippen molar-refractivity contribution < 1.29 is 5.11 Å². The van der Waals surface area contributed by atoms with E-state index in [1.807, 2.05) is 30.3 Å². The molecule has 1 N–H and O–H groups in total. The van der Waals surface area contributed by atoms with Gasteiger partial charge < -0.3 is 5.11 Å². The van der Waals surface area contributed by atoms with Crippen LogP contribution in [0.5, 0.6) is 5.75 Å². The number of hydrogen-bond acceptors (Lipinski definition) is 4. The average Bonchev–Trinajstić information content (AvgIpc) is 2.79. The summed E-state index contributed by atoms with van der Waals surface area (Å²) in [6.45, 7) is 1.78. The number of azo groups is 1. The Labute approximate surface area is 143 Å². The van der Waals surface area contributed by atoms with Crippen molar-refractivity contribution in [2.75, 3.05) is 0 Å². The molecule has 0 aliphatic heterocycles. The summed E-state index contributed by atoms with van der Waals surface area (Å²) in [6.07, 6.45) is 0. The minimum Gasteiger partial charge on any atom is -0.506 e. The molecule has 1 aromatic heterocycles. The Morgan fingerprint density at radius 3 is 2.50 bits per heavy atom. The number of aromatic hydroxyl groups is 1. The Kier molecular flexibility index (Phi) is 4.22. The van der Waals surface area contributed by atoms with Gasteiger partial charge in [0.15, 0.2) is 5.69 Å². The Bertz CT molecular complexity index is 974. The summed E-state index contributed by atoms with van der Waals surface area (Å²) in [4.78, 5) is 12.7. The van der Waals surface area contributed by atoms with Crippen molar-refractivity contribution in [1.82, 2.24) is 9.36 Å². The van der Waals surface area contributed by atoms with Gasteiger partial charge in [0.25, 0.3) is 5.56 Å². The fourth-order valence-corrected chi connectivity index (χ4v) is 2.52. The van der Waals surface area contributed by atoms with Crippen molar-refractivity contribution in [3.05, 3.63) is 69.6 Å². The van der Waals surface area contributed by atoms with E-state index in [-0.39, 0.29) is 22.7 Å². The minimum atomic E-state index is -0.286. The highest BCUT2D eigenvalue weighted by atomic mass is 35.5. The molecule has 3 rings (SSSR count). The summed E-state index contributed by atoms with van der Waals surface area (Å²) in [5.74, 6) is -0.0554. The average molecular weight is 343 g/mol. The van der Waals surface area contributed by atoms with Gasteiger partial charge >= 0.3 is 0 Å². The van der Waals surface area contributed by atoms with Gasteiger partial charge in [-0.2, -0.15) is 0 Å². The molecule has 7 heteroatoms. The lowest BCUT2D eigenvalue weighted by atomic mass is 10.3. The van der Waals surface area contributed by atoms with Crippen molar-refractivity contribution in [1.29, 1.82) is 0 Å². The first-order valence-electron chi connectivity index (χ1n) is 7.23. The Morgan fingerprint density at radius 2 is 1.79 bits per heavy atom. The van der Waals surface area contributed by atoms with Crippen LogP contribution in [-0.2, 0) is 7.05 Å². The number of aromatic nitrogens is 2. The highest BCUT2D eigenvalue weighted by molar-refractivity contribution is 6.30. The molecular weight excluding hydrogens is 328 g/mol. The third kappa shape index (κ3) is 2.83. The molecule has 6 nitrogen and oxygen atoms in total. The molecule has 0 saturated heterocycles. The molecule has 0 amide bonds. The lowest BCUT2D eigenvalue weighted by Crippen LogP contribution is -2.19. The fraction of sp³-hybridized carbons (Fsp3) is 0.118. The SMILES string of the molecule is Cc1c(N=Nc2cc(Cl)ccc2O)c(=O)n(-c2ccccc2)n1C. The first-order chi connectivity index (χ1) is 11.5. The summed E-state index contributed by atoms with van der Waals surface area (Å²) in [5.41, 5.74) is 1.53. The predicted molar refractivity (Wildman–Crippen MR) is 93.0 cm³/mol. The molecule has 0 saturated carbocycles. The molecule has 0 aliphatic rings. The summed E-state index contributed by atoms with van der Waals surface area (Å²) < 4.78 is 3.23. The first-order valence-corrected chi connectivity index (χ1v) is 7.61. The quantitative estimate of drug-likeness (QED) is 0.722. The number of phenolic OH excluding ortho intramolecular Hbond substituents is 1. The van der Waals surface area contributed by atoms with E-state index < -0.39 is 0 Å². The van der Waals surface area contributed by atoms with Crippen LogP contribution in [0, 0.1) is 6.92 Å². The van der Waals surface area contributed by atoms with E-state index in [1.165, 1.54) is 16.8 Å². The number of halogens is 1. The Morgan fingerprint density at radius 1 is 1.08 bits per heavy atom. The van der Waals surface area contributed by atoms with Gasteiger partial charge in [0.1, 0.15) is 11.4 Å². The molecule has 0 atom stereocenters. The largest absolute Gasteiger partial charge is 0.506 e. The zero-order valence-corrected chi connectivity index (χ0v) is 13.9. The van der Waals surface area contributed by atoms with Crippen LogP contribution in [0.4, 0.5) is 11.4 Å². The van der Waals surface area contributed by atoms with Gasteiger partial charge in [-0.3, -0.25) is 9.48 Å². The molecule has 24 heavy (non-hydrogen) atoms. The van der Waals surface area contributed by atoms with Gasteiger partial charge in [0.05, 0.1) is 11.4 Å². The van der Waals surface area contributed by atoms with E-state index in [0.29, 0.717) is 10.7 Å². The van der Waals surface area contributed by atoms with Gasteiger partial charge in [0.2, 0.25) is 0 Å². The van der Waals surface area contributed by atoms with Crippen LogP contribution in [-0.4, -0.2) is 14.5 Å². The zero-order valence-electron chi connectivity index (χ0n) is 13.1. The van der Waals surface area contributed by atoms with E-state index in [0.717, 1.165) is 5.69 Å². The lowest BCUT2D eigenvalue weighted by molar-refractivity contribution is 0.476. The van der Waals surface area contributed by atoms with Crippen molar-refractivity contribution in [2.45, 2.75) is 6.92 Å². The second-order valence-corrected chi connectivity index (χ2v) is 5.68. The number of phenols is 1. The third-order valence-electron chi connectivity index (χ3n) is 3.72. The van der Waals surface area contributed by atoms with Gasteiger partial charge in [-0.1, -0.05) is 29.8 Å². The number of rotatable bonds is 3. The van der Waals surface area contributed by atoms with Crippen LogP contribution in [0.3, 0.4) is 0 Å². The monoisotopic (exact) mass is 342 g/mol. The maximum Gasteiger partial charge on any atom is 0.299 e. The maximum absolute atomic E-state index is 12.7. The van der Waals surface area contributed by atoms with Crippen molar-refractivity contribution in [2.24, 2.45) is 17.3 Å². The number of benzene rings is 2. The molecule has 1 heterocycles. The topological polar surface area (TPSA) is 71.9 Å². The summed E-state index contributed by atoms with van der Waals surface area (Å²) >= 11 is 5.89. The van der Waals surface area contributed by atoms with Gasteiger partial charge in [0, 0.05) is 12.1 Å². The van der Waals surface area contributed by atoms with Crippen LogP contribution in [0.1, 0.15) is 5.69 Å². The zero-order chi connectivity index (χ0) is 17.3. The number of hydrogen-bond donors (Lipinski definition) is 1. The van der Waals surface area contributed by atoms with Crippen LogP contribution >= 0.6 is 11.6 Å². The number of para-hydroxylation sites is 1. The molecule has 0 radical (unpaired) electrons. The van der Waals surface area contributed by atoms with Crippen molar-refractivity contribution in [3.8, 4) is 11.4 Å². The first kappa shape index (κ1) is 16.0. The fourth-order valence-electron chi connectivity index (χ4n) is 2.35. The molecular formula is C17H15ClN4O2. The van der Waals surface area contributed by atoms with E-state index in [1.54, 1.807) is 24.7 Å². The second kappa shape index (κ2) is 6.33. The van der Waals surface area contributed by atoms with Gasteiger partial charge in [-0.15, -0.1) is 10.2 Å². The van der Waals surface area contributed by atoms with Crippen LogP contribution in [0.2, 0.25) is 5.02 Å². The molecule has 122 valence electrons. The van der Waals surface area contributed by atoms with Crippen LogP contribution in [0.15, 0.2) is 63.6 Å². The van der Waals surface area contributed by atoms with Crippen molar-refractivity contribution in [3.63, 3.8) is 0 Å². The number of nitrogens with zero attached hydrogens (tertiary/aromatic N) is 4. The molecule has 3 aromatic rings.